The van der Waals surface area contributed by atoms with Crippen molar-refractivity contribution in [2.75, 3.05) is 40.1 Å². The molecule has 0 aliphatic rings. The third-order valence-electron chi connectivity index (χ3n) is 2.46. The Bertz CT molecular complexity index is 203. The molecule has 0 heterocycles. The van der Waals surface area contributed by atoms with Crippen LogP contribution in [-0.2, 0) is 19.0 Å². The number of carbonyl (C=O) groups is 1. The van der Waals surface area contributed by atoms with Crippen LogP contribution in [0.25, 0.3) is 0 Å². The highest BCUT2D eigenvalue weighted by Crippen LogP contribution is 2.19. The van der Waals surface area contributed by atoms with Crippen molar-refractivity contribution in [3.8, 4) is 0 Å². The highest BCUT2D eigenvalue weighted by Gasteiger charge is 2.26. The van der Waals surface area contributed by atoms with Gasteiger partial charge in [0.2, 0.25) is 0 Å². The van der Waals surface area contributed by atoms with E-state index >= 15 is 0 Å². The molecule has 0 aliphatic carbocycles. The summed E-state index contributed by atoms with van der Waals surface area (Å²) in [5, 5.41) is 8.88. The molecule has 0 aromatic heterocycles. The second-order valence-corrected chi connectivity index (χ2v) is 4.51. The summed E-state index contributed by atoms with van der Waals surface area (Å²) in [6.45, 7) is 6.32. The van der Waals surface area contributed by atoms with Gasteiger partial charge in [-0.2, -0.15) is 0 Å². The van der Waals surface area contributed by atoms with Crippen LogP contribution in [0.5, 0.6) is 0 Å². The lowest BCUT2D eigenvalue weighted by molar-refractivity contribution is -0.148. The average Bonchev–Trinajstić information content (AvgIpc) is 2.26. The molecule has 0 fully saturated rings. The van der Waals surface area contributed by atoms with Crippen molar-refractivity contribution in [2.45, 2.75) is 26.7 Å². The Labute approximate surface area is 103 Å². The standard InChI is InChI=1S/C12H24O5/c1-12(2,11(13)14)5-8-16-6-4-7-17-10-9-15-3/h4-10H2,1-3H3,(H,13,14). The van der Waals surface area contributed by atoms with Crippen molar-refractivity contribution in [1.82, 2.24) is 0 Å². The van der Waals surface area contributed by atoms with Gasteiger partial charge in [-0.25, -0.2) is 0 Å². The minimum atomic E-state index is -0.788. The zero-order chi connectivity index (χ0) is 13.1. The zero-order valence-electron chi connectivity index (χ0n) is 11.0. The summed E-state index contributed by atoms with van der Waals surface area (Å²) in [4.78, 5) is 10.8. The van der Waals surface area contributed by atoms with Gasteiger partial charge in [-0.3, -0.25) is 4.79 Å². The molecule has 0 saturated carbocycles. The predicted molar refractivity (Wildman–Crippen MR) is 64.2 cm³/mol. The van der Waals surface area contributed by atoms with Crippen LogP contribution in [0.4, 0.5) is 0 Å². The number of aliphatic carboxylic acids is 1. The molecule has 17 heavy (non-hydrogen) atoms. The summed E-state index contributed by atoms with van der Waals surface area (Å²) in [6, 6.07) is 0. The third-order valence-corrected chi connectivity index (χ3v) is 2.46. The largest absolute Gasteiger partial charge is 0.481 e. The molecular formula is C12H24O5. The van der Waals surface area contributed by atoms with E-state index < -0.39 is 11.4 Å². The van der Waals surface area contributed by atoms with Gasteiger partial charge in [0.25, 0.3) is 0 Å². The number of hydrogen-bond acceptors (Lipinski definition) is 4. The summed E-state index contributed by atoms with van der Waals surface area (Å²) < 4.78 is 15.4. The normalized spacial score (nSPS) is 11.7. The van der Waals surface area contributed by atoms with Crippen LogP contribution in [0.2, 0.25) is 0 Å². The maximum Gasteiger partial charge on any atom is 0.309 e. The molecular weight excluding hydrogens is 224 g/mol. The Morgan fingerprint density at radius 3 is 2.18 bits per heavy atom. The smallest absolute Gasteiger partial charge is 0.309 e. The van der Waals surface area contributed by atoms with Gasteiger partial charge in [-0.1, -0.05) is 0 Å². The third kappa shape index (κ3) is 9.09. The fraction of sp³-hybridized carbons (Fsp3) is 0.917. The maximum atomic E-state index is 10.8. The molecule has 0 unspecified atom stereocenters. The fourth-order valence-electron chi connectivity index (χ4n) is 1.04. The Morgan fingerprint density at radius 2 is 1.65 bits per heavy atom. The van der Waals surface area contributed by atoms with Gasteiger partial charge < -0.3 is 19.3 Å². The molecule has 5 nitrogen and oxygen atoms in total. The minimum Gasteiger partial charge on any atom is -0.481 e. The van der Waals surface area contributed by atoms with E-state index in [9.17, 15) is 4.79 Å². The summed E-state index contributed by atoms with van der Waals surface area (Å²) in [7, 11) is 1.64. The summed E-state index contributed by atoms with van der Waals surface area (Å²) >= 11 is 0. The van der Waals surface area contributed by atoms with Crippen LogP contribution in [-0.4, -0.2) is 51.2 Å². The molecule has 1 N–H and O–H groups in total. The topological polar surface area (TPSA) is 65.0 Å². The van der Waals surface area contributed by atoms with Gasteiger partial charge in [0.15, 0.2) is 0 Å². The van der Waals surface area contributed by atoms with Crippen molar-refractivity contribution in [3.05, 3.63) is 0 Å². The van der Waals surface area contributed by atoms with Crippen LogP contribution < -0.4 is 0 Å². The first-order valence-electron chi connectivity index (χ1n) is 5.88. The average molecular weight is 248 g/mol. The number of rotatable bonds is 11. The maximum absolute atomic E-state index is 10.8. The Balaban J connectivity index is 3.27. The van der Waals surface area contributed by atoms with E-state index in [0.29, 0.717) is 39.5 Å². The van der Waals surface area contributed by atoms with E-state index in [1.54, 1.807) is 21.0 Å². The number of ether oxygens (including phenoxy) is 3. The van der Waals surface area contributed by atoms with E-state index in [4.69, 9.17) is 19.3 Å². The monoisotopic (exact) mass is 248 g/mol. The van der Waals surface area contributed by atoms with Crippen LogP contribution in [0, 0.1) is 5.41 Å². The Morgan fingerprint density at radius 1 is 1.06 bits per heavy atom. The molecule has 0 radical (unpaired) electrons. The second-order valence-electron chi connectivity index (χ2n) is 4.51. The van der Waals surface area contributed by atoms with E-state index in [-0.39, 0.29) is 0 Å². The van der Waals surface area contributed by atoms with Gasteiger partial charge in [-0.05, 0) is 26.7 Å². The molecule has 5 heteroatoms. The van der Waals surface area contributed by atoms with Crippen molar-refractivity contribution >= 4 is 5.97 Å². The molecule has 0 saturated heterocycles. The Hall–Kier alpha value is -0.650. The van der Waals surface area contributed by atoms with Crippen molar-refractivity contribution in [1.29, 1.82) is 0 Å². The number of methoxy groups -OCH3 is 1. The molecule has 0 aliphatic heterocycles. The van der Waals surface area contributed by atoms with Crippen LogP contribution in [0.15, 0.2) is 0 Å². The van der Waals surface area contributed by atoms with E-state index in [1.165, 1.54) is 0 Å². The quantitative estimate of drug-likeness (QED) is 0.562. The highest BCUT2D eigenvalue weighted by molar-refractivity contribution is 5.73. The molecule has 0 atom stereocenters. The molecule has 0 aromatic carbocycles. The van der Waals surface area contributed by atoms with Gasteiger partial charge in [-0.15, -0.1) is 0 Å². The van der Waals surface area contributed by atoms with E-state index in [2.05, 4.69) is 0 Å². The number of hydrogen-bond donors (Lipinski definition) is 1. The van der Waals surface area contributed by atoms with E-state index in [1.807, 2.05) is 0 Å². The lowest BCUT2D eigenvalue weighted by Gasteiger charge is -2.18. The van der Waals surface area contributed by atoms with Crippen molar-refractivity contribution in [2.24, 2.45) is 5.41 Å². The zero-order valence-corrected chi connectivity index (χ0v) is 11.0. The van der Waals surface area contributed by atoms with E-state index in [0.717, 1.165) is 6.42 Å². The lowest BCUT2D eigenvalue weighted by Crippen LogP contribution is -2.25. The van der Waals surface area contributed by atoms with Crippen molar-refractivity contribution < 1.29 is 24.1 Å². The van der Waals surface area contributed by atoms with Gasteiger partial charge in [0.1, 0.15) is 0 Å². The van der Waals surface area contributed by atoms with Gasteiger partial charge in [0.05, 0.1) is 18.6 Å². The Kier molecular flexibility index (Phi) is 9.03. The molecule has 102 valence electrons. The van der Waals surface area contributed by atoms with Crippen LogP contribution in [0.1, 0.15) is 26.7 Å². The number of carboxylic acids is 1. The van der Waals surface area contributed by atoms with Gasteiger partial charge in [0, 0.05) is 26.9 Å². The minimum absolute atomic E-state index is 0.470. The molecule has 0 bridgehead atoms. The van der Waals surface area contributed by atoms with Gasteiger partial charge >= 0.3 is 5.97 Å². The SMILES string of the molecule is COCCOCCCOCCC(C)(C)C(=O)O. The molecule has 0 rings (SSSR count). The second kappa shape index (κ2) is 9.39. The van der Waals surface area contributed by atoms with Crippen LogP contribution >= 0.6 is 0 Å². The first kappa shape index (κ1) is 16.4. The summed E-state index contributed by atoms with van der Waals surface area (Å²) in [6.07, 6.45) is 1.34. The lowest BCUT2D eigenvalue weighted by atomic mass is 9.90. The van der Waals surface area contributed by atoms with Crippen LogP contribution in [0.3, 0.4) is 0 Å². The predicted octanol–water partition coefficient (Wildman–Crippen LogP) is 1.56. The van der Waals surface area contributed by atoms with Crippen molar-refractivity contribution in [3.63, 3.8) is 0 Å². The molecule has 0 amide bonds. The fourth-order valence-corrected chi connectivity index (χ4v) is 1.04. The number of carboxylic acid groups (broad SMARTS) is 1. The highest BCUT2D eigenvalue weighted by atomic mass is 16.5. The molecule has 0 spiro atoms. The molecule has 0 aromatic rings. The first-order valence-corrected chi connectivity index (χ1v) is 5.88. The first-order chi connectivity index (χ1) is 8.00. The summed E-state index contributed by atoms with van der Waals surface area (Å²) in [5.74, 6) is -0.788. The summed E-state index contributed by atoms with van der Waals surface area (Å²) in [5.41, 5.74) is -0.713.